The number of piperidine rings is 1. The lowest BCUT2D eigenvalue weighted by atomic mass is 9.81. The number of benzene rings is 2. The Morgan fingerprint density at radius 1 is 0.882 bits per heavy atom. The molecular formula is C25H30Cl2N2O4S. The van der Waals surface area contributed by atoms with Gasteiger partial charge in [0.1, 0.15) is 0 Å². The molecule has 0 saturated carbocycles. The fourth-order valence-corrected chi connectivity index (χ4v) is 4.63. The fraction of sp³-hybridized carbons (Fsp3) is 0.280. The molecule has 0 amide bonds. The highest BCUT2D eigenvalue weighted by molar-refractivity contribution is 7.09. The maximum Gasteiger partial charge on any atom is 0.414 e. The zero-order valence-corrected chi connectivity index (χ0v) is 21.0. The molecule has 9 heteroatoms. The minimum absolute atomic E-state index is 0. The number of carboxylic acid groups (broad SMARTS) is 2. The van der Waals surface area contributed by atoms with Gasteiger partial charge in [-0.05, 0) is 35.4 Å². The van der Waals surface area contributed by atoms with Gasteiger partial charge >= 0.3 is 11.9 Å². The second kappa shape index (κ2) is 15.5. The van der Waals surface area contributed by atoms with Crippen LogP contribution in [0, 0.1) is 0 Å². The monoisotopic (exact) mass is 524 g/mol. The van der Waals surface area contributed by atoms with Crippen molar-refractivity contribution in [2.45, 2.75) is 37.4 Å². The lowest BCUT2D eigenvalue weighted by molar-refractivity contribution is -0.159. The molecule has 2 atom stereocenters. The Hall–Kier alpha value is -2.42. The maximum atomic E-state index is 9.10. The van der Waals surface area contributed by atoms with Gasteiger partial charge in [0, 0.05) is 36.0 Å². The molecule has 4 rings (SSSR count). The summed E-state index contributed by atoms with van der Waals surface area (Å²) in [5.41, 5.74) is 2.81. The quantitative estimate of drug-likeness (QED) is 0.346. The van der Waals surface area contributed by atoms with Gasteiger partial charge in [0.2, 0.25) is 0 Å². The van der Waals surface area contributed by atoms with E-state index in [1.165, 1.54) is 28.8 Å². The smallest absolute Gasteiger partial charge is 0.414 e. The van der Waals surface area contributed by atoms with Gasteiger partial charge in [-0.25, -0.2) is 9.59 Å². The summed E-state index contributed by atoms with van der Waals surface area (Å²) in [6.45, 7) is 2.02. The summed E-state index contributed by atoms with van der Waals surface area (Å²) in [5.74, 6) is -3.24. The summed E-state index contributed by atoms with van der Waals surface area (Å²) in [6, 6.07) is 27.2. The van der Waals surface area contributed by atoms with Crippen molar-refractivity contribution in [3.05, 3.63) is 94.2 Å². The Morgan fingerprint density at radius 3 is 1.85 bits per heavy atom. The van der Waals surface area contributed by atoms with Crippen LogP contribution in [0.25, 0.3) is 0 Å². The van der Waals surface area contributed by atoms with E-state index in [0.717, 1.165) is 13.1 Å². The van der Waals surface area contributed by atoms with Crippen LogP contribution in [0.2, 0.25) is 0 Å². The predicted octanol–water partition coefficient (Wildman–Crippen LogP) is 4.79. The van der Waals surface area contributed by atoms with Gasteiger partial charge in [-0.15, -0.1) is 36.2 Å². The maximum absolute atomic E-state index is 9.10. The second-order valence-electron chi connectivity index (χ2n) is 7.66. The van der Waals surface area contributed by atoms with E-state index in [4.69, 9.17) is 19.8 Å². The van der Waals surface area contributed by atoms with E-state index in [1.54, 1.807) is 0 Å². The third-order valence-corrected chi connectivity index (χ3v) is 6.38. The molecule has 1 fully saturated rings. The molecule has 1 aliphatic heterocycles. The molecule has 34 heavy (non-hydrogen) atoms. The van der Waals surface area contributed by atoms with Crippen molar-refractivity contribution in [3.63, 3.8) is 0 Å². The Bertz CT molecular complexity index is 916. The molecule has 1 aliphatic rings. The van der Waals surface area contributed by atoms with Gasteiger partial charge in [0.25, 0.3) is 0 Å². The predicted molar refractivity (Wildman–Crippen MR) is 140 cm³/mol. The van der Waals surface area contributed by atoms with Crippen LogP contribution in [0.1, 0.15) is 34.8 Å². The van der Waals surface area contributed by atoms with Gasteiger partial charge in [-0.3, -0.25) is 0 Å². The van der Waals surface area contributed by atoms with E-state index < -0.39 is 11.9 Å². The summed E-state index contributed by atoms with van der Waals surface area (Å²) in [5, 5.41) is 24.5. The molecule has 2 aromatic carbocycles. The lowest BCUT2D eigenvalue weighted by Crippen LogP contribution is -2.49. The Balaban J connectivity index is 0.000000647. The van der Waals surface area contributed by atoms with Crippen molar-refractivity contribution < 1.29 is 19.8 Å². The van der Waals surface area contributed by atoms with Crippen molar-refractivity contribution in [1.29, 1.82) is 0 Å². The minimum Gasteiger partial charge on any atom is -0.473 e. The van der Waals surface area contributed by atoms with Gasteiger partial charge < -0.3 is 20.8 Å². The molecule has 0 aliphatic carbocycles. The highest BCUT2D eigenvalue weighted by Gasteiger charge is 2.29. The number of hydrogen-bond acceptors (Lipinski definition) is 5. The third kappa shape index (κ3) is 9.08. The molecule has 0 radical (unpaired) electrons. The Morgan fingerprint density at radius 2 is 1.44 bits per heavy atom. The molecular weight excluding hydrogens is 495 g/mol. The van der Waals surface area contributed by atoms with E-state index >= 15 is 0 Å². The van der Waals surface area contributed by atoms with Gasteiger partial charge in [-0.1, -0.05) is 66.7 Å². The molecule has 6 nitrogen and oxygen atoms in total. The Kier molecular flexibility index (Phi) is 13.5. The van der Waals surface area contributed by atoms with Crippen molar-refractivity contribution in [3.8, 4) is 0 Å². The van der Waals surface area contributed by atoms with E-state index in [0.29, 0.717) is 18.0 Å². The van der Waals surface area contributed by atoms with Crippen LogP contribution in [0.5, 0.6) is 0 Å². The number of carbonyl (C=O) groups is 2. The average Bonchev–Trinajstić information content (AvgIpc) is 3.34. The van der Waals surface area contributed by atoms with E-state index in [2.05, 4.69) is 88.8 Å². The van der Waals surface area contributed by atoms with Crippen LogP contribution in [-0.2, 0) is 16.1 Å². The molecule has 184 valence electrons. The summed E-state index contributed by atoms with van der Waals surface area (Å²) >= 11 is 1.83. The first-order valence-electron chi connectivity index (χ1n) is 10.6. The molecule has 1 aromatic heterocycles. The van der Waals surface area contributed by atoms with Crippen LogP contribution in [-0.4, -0.2) is 40.8 Å². The van der Waals surface area contributed by atoms with Crippen molar-refractivity contribution in [2.75, 3.05) is 6.54 Å². The summed E-state index contributed by atoms with van der Waals surface area (Å²) in [7, 11) is 0. The van der Waals surface area contributed by atoms with Crippen LogP contribution >= 0.6 is 36.2 Å². The zero-order chi connectivity index (χ0) is 22.8. The molecule has 0 unspecified atom stereocenters. The molecule has 2 heterocycles. The fourth-order valence-electron chi connectivity index (χ4n) is 3.97. The van der Waals surface area contributed by atoms with Crippen LogP contribution in [0.15, 0.2) is 78.2 Å². The number of halogens is 2. The van der Waals surface area contributed by atoms with Gasteiger partial charge in [-0.2, -0.15) is 0 Å². The zero-order valence-electron chi connectivity index (χ0n) is 18.5. The highest BCUT2D eigenvalue weighted by atomic mass is 35.5. The lowest BCUT2D eigenvalue weighted by Gasteiger charge is -2.36. The Labute approximate surface area is 216 Å². The van der Waals surface area contributed by atoms with E-state index in [1.807, 2.05) is 11.3 Å². The third-order valence-electron chi connectivity index (χ3n) is 5.50. The number of hydrogen-bond donors (Lipinski definition) is 4. The SMILES string of the molecule is Cl.Cl.O=C(O)C(=O)O.c1ccc(C(c2ccccc2)[C@H]2CC[C@@H](NCc3cccs3)CN2)cc1. The van der Waals surface area contributed by atoms with Crippen molar-refractivity contribution in [2.24, 2.45) is 0 Å². The first-order chi connectivity index (χ1) is 15.5. The minimum atomic E-state index is -1.82. The van der Waals surface area contributed by atoms with Crippen LogP contribution in [0.3, 0.4) is 0 Å². The van der Waals surface area contributed by atoms with E-state index in [-0.39, 0.29) is 24.8 Å². The number of aliphatic carboxylic acids is 2. The number of rotatable bonds is 6. The first kappa shape index (κ1) is 29.6. The van der Waals surface area contributed by atoms with Gasteiger partial charge in [0.15, 0.2) is 0 Å². The number of thiophene rings is 1. The van der Waals surface area contributed by atoms with Crippen molar-refractivity contribution >= 4 is 48.1 Å². The number of carboxylic acids is 2. The topological polar surface area (TPSA) is 98.7 Å². The largest absolute Gasteiger partial charge is 0.473 e. The van der Waals surface area contributed by atoms with Crippen LogP contribution in [0.4, 0.5) is 0 Å². The standard InChI is InChI=1S/C23H26N2S.C2H2O4.2ClH/c1-3-8-18(9-4-1)23(19-10-5-2-6-11-19)22-14-13-20(16-25-22)24-17-21-12-7-15-26-21;3-1(4)2(5)6;;/h1-12,15,20,22-25H,13-14,16-17H2;(H,3,4)(H,5,6);2*1H/t20-,22-;;;/m1.../s1. The molecule has 1 saturated heterocycles. The van der Waals surface area contributed by atoms with E-state index in [9.17, 15) is 0 Å². The van der Waals surface area contributed by atoms with Crippen molar-refractivity contribution in [1.82, 2.24) is 10.6 Å². The average molecular weight is 525 g/mol. The molecule has 0 bridgehead atoms. The molecule has 3 aromatic rings. The highest BCUT2D eigenvalue weighted by Crippen LogP contribution is 2.31. The summed E-state index contributed by atoms with van der Waals surface area (Å²) in [4.78, 5) is 19.6. The molecule has 4 N–H and O–H groups in total. The normalized spacial score (nSPS) is 16.9. The van der Waals surface area contributed by atoms with Gasteiger partial charge in [0.05, 0.1) is 0 Å². The summed E-state index contributed by atoms with van der Waals surface area (Å²) in [6.07, 6.45) is 2.41. The molecule has 0 spiro atoms. The first-order valence-corrected chi connectivity index (χ1v) is 11.5. The second-order valence-corrected chi connectivity index (χ2v) is 8.69. The summed E-state index contributed by atoms with van der Waals surface area (Å²) < 4.78 is 0. The van der Waals surface area contributed by atoms with Crippen LogP contribution < -0.4 is 10.6 Å². The number of nitrogens with one attached hydrogen (secondary N) is 2.